The van der Waals surface area contributed by atoms with Crippen LogP contribution in [0, 0.1) is 0 Å². The molecule has 5 N–H and O–H groups in total. The van der Waals surface area contributed by atoms with Crippen LogP contribution in [-0.2, 0) is 0 Å². The third kappa shape index (κ3) is 3.03. The number of carbonyl (C=O) groups excluding carboxylic acids is 1. The number of carbonyl (C=O) groups is 1. The number of nitrogens with two attached hydrogens (primary N) is 2. The van der Waals surface area contributed by atoms with Crippen molar-refractivity contribution in [2.75, 3.05) is 18.2 Å². The van der Waals surface area contributed by atoms with Crippen molar-refractivity contribution in [2.45, 2.75) is 0 Å². The van der Waals surface area contributed by atoms with Gasteiger partial charge in [0.1, 0.15) is 5.75 Å². The van der Waals surface area contributed by atoms with E-state index in [-0.39, 0.29) is 0 Å². The SMILES string of the molecule is COc1cc(Nc2ccc(C(N)=O)cc2N)ccc1Br. The van der Waals surface area contributed by atoms with Crippen molar-refractivity contribution in [3.05, 3.63) is 46.4 Å². The van der Waals surface area contributed by atoms with Crippen molar-refractivity contribution >= 4 is 38.9 Å². The highest BCUT2D eigenvalue weighted by molar-refractivity contribution is 9.10. The van der Waals surface area contributed by atoms with E-state index in [1.807, 2.05) is 18.2 Å². The summed E-state index contributed by atoms with van der Waals surface area (Å²) in [7, 11) is 1.60. The van der Waals surface area contributed by atoms with Gasteiger partial charge in [-0.15, -0.1) is 0 Å². The van der Waals surface area contributed by atoms with E-state index in [4.69, 9.17) is 16.2 Å². The maximum absolute atomic E-state index is 11.1. The van der Waals surface area contributed by atoms with Crippen molar-refractivity contribution in [1.29, 1.82) is 0 Å². The first-order valence-corrected chi connectivity index (χ1v) is 6.60. The van der Waals surface area contributed by atoms with E-state index in [2.05, 4.69) is 21.2 Å². The fraction of sp³-hybridized carbons (Fsp3) is 0.0714. The van der Waals surface area contributed by atoms with Gasteiger partial charge in [0, 0.05) is 17.3 Å². The van der Waals surface area contributed by atoms with Crippen molar-refractivity contribution in [3.8, 4) is 5.75 Å². The number of methoxy groups -OCH3 is 1. The third-order valence-electron chi connectivity index (χ3n) is 2.77. The van der Waals surface area contributed by atoms with Crippen LogP contribution in [0.3, 0.4) is 0 Å². The summed E-state index contributed by atoms with van der Waals surface area (Å²) >= 11 is 3.39. The van der Waals surface area contributed by atoms with E-state index in [0.29, 0.717) is 22.7 Å². The van der Waals surface area contributed by atoms with Gasteiger partial charge in [-0.3, -0.25) is 4.79 Å². The van der Waals surface area contributed by atoms with Crippen LogP contribution in [0.2, 0.25) is 0 Å². The van der Waals surface area contributed by atoms with Crippen molar-refractivity contribution in [1.82, 2.24) is 0 Å². The largest absolute Gasteiger partial charge is 0.495 e. The number of anilines is 3. The summed E-state index contributed by atoms with van der Waals surface area (Å²) in [5.74, 6) is 0.205. The second-order valence-corrected chi connectivity index (χ2v) is 4.99. The van der Waals surface area contributed by atoms with Crippen LogP contribution in [0.15, 0.2) is 40.9 Å². The molecule has 0 atom stereocenters. The average Bonchev–Trinajstić information content (AvgIpc) is 2.42. The van der Waals surface area contributed by atoms with Crippen molar-refractivity contribution in [2.24, 2.45) is 5.73 Å². The molecule has 20 heavy (non-hydrogen) atoms. The van der Waals surface area contributed by atoms with Crippen molar-refractivity contribution in [3.63, 3.8) is 0 Å². The normalized spacial score (nSPS) is 10.1. The lowest BCUT2D eigenvalue weighted by Crippen LogP contribution is -2.11. The predicted octanol–water partition coefficient (Wildman–Crippen LogP) is 2.88. The Hall–Kier alpha value is -2.21. The van der Waals surface area contributed by atoms with Gasteiger partial charge in [-0.25, -0.2) is 0 Å². The molecule has 2 aromatic rings. The van der Waals surface area contributed by atoms with Gasteiger partial charge >= 0.3 is 0 Å². The minimum atomic E-state index is -0.506. The molecule has 0 aliphatic rings. The molecule has 0 saturated heterocycles. The quantitative estimate of drug-likeness (QED) is 0.749. The van der Waals surface area contributed by atoms with E-state index in [0.717, 1.165) is 10.2 Å². The number of hydrogen-bond acceptors (Lipinski definition) is 4. The van der Waals surface area contributed by atoms with Crippen LogP contribution < -0.4 is 21.5 Å². The number of nitrogens with one attached hydrogen (secondary N) is 1. The summed E-state index contributed by atoms with van der Waals surface area (Å²) in [6.07, 6.45) is 0. The lowest BCUT2D eigenvalue weighted by atomic mass is 10.1. The zero-order chi connectivity index (χ0) is 14.7. The number of primary amides is 1. The molecule has 2 rings (SSSR count). The first kappa shape index (κ1) is 14.2. The van der Waals surface area contributed by atoms with Gasteiger partial charge in [0.25, 0.3) is 0 Å². The molecule has 0 aliphatic carbocycles. The summed E-state index contributed by atoms with van der Waals surface area (Å²) in [4.78, 5) is 11.1. The molecule has 0 spiro atoms. The third-order valence-corrected chi connectivity index (χ3v) is 3.42. The highest BCUT2D eigenvalue weighted by atomic mass is 79.9. The van der Waals surface area contributed by atoms with Crippen LogP contribution >= 0.6 is 15.9 Å². The molecule has 6 heteroatoms. The second-order valence-electron chi connectivity index (χ2n) is 4.14. The van der Waals surface area contributed by atoms with Crippen LogP contribution in [-0.4, -0.2) is 13.0 Å². The summed E-state index contributed by atoms with van der Waals surface area (Å²) in [6.45, 7) is 0. The van der Waals surface area contributed by atoms with Crippen LogP contribution in [0.5, 0.6) is 5.75 Å². The van der Waals surface area contributed by atoms with Crippen molar-refractivity contribution < 1.29 is 9.53 Å². The summed E-state index contributed by atoms with van der Waals surface area (Å²) in [5.41, 5.74) is 13.4. The Labute approximate surface area is 125 Å². The zero-order valence-electron chi connectivity index (χ0n) is 10.8. The monoisotopic (exact) mass is 335 g/mol. The van der Waals surface area contributed by atoms with E-state index in [1.54, 1.807) is 25.3 Å². The van der Waals surface area contributed by atoms with Gasteiger partial charge in [0.05, 0.1) is 23.0 Å². The Kier molecular flexibility index (Phi) is 4.14. The summed E-state index contributed by atoms with van der Waals surface area (Å²) < 4.78 is 6.09. The number of benzene rings is 2. The van der Waals surface area contributed by atoms with Crippen LogP contribution in [0.25, 0.3) is 0 Å². The zero-order valence-corrected chi connectivity index (χ0v) is 12.4. The van der Waals surface area contributed by atoms with Gasteiger partial charge in [-0.05, 0) is 46.3 Å². The minimum Gasteiger partial charge on any atom is -0.495 e. The first-order valence-electron chi connectivity index (χ1n) is 5.81. The Bertz CT molecular complexity index is 659. The average molecular weight is 336 g/mol. The molecule has 0 heterocycles. The molecular weight excluding hydrogens is 322 g/mol. The maximum Gasteiger partial charge on any atom is 0.248 e. The summed E-state index contributed by atoms with van der Waals surface area (Å²) in [6, 6.07) is 10.5. The van der Waals surface area contributed by atoms with Gasteiger partial charge in [0.2, 0.25) is 5.91 Å². The molecular formula is C14H14BrN3O2. The highest BCUT2D eigenvalue weighted by Gasteiger charge is 2.06. The number of hydrogen-bond donors (Lipinski definition) is 3. The van der Waals surface area contributed by atoms with Gasteiger partial charge < -0.3 is 21.5 Å². The molecule has 0 radical (unpaired) electrons. The minimum absolute atomic E-state index is 0.376. The molecule has 0 bridgehead atoms. The molecule has 104 valence electrons. The molecule has 0 unspecified atom stereocenters. The number of ether oxygens (including phenoxy) is 1. The lowest BCUT2D eigenvalue weighted by Gasteiger charge is -2.12. The predicted molar refractivity (Wildman–Crippen MR) is 83.3 cm³/mol. The number of rotatable bonds is 4. The second kappa shape index (κ2) is 5.83. The standard InChI is InChI=1S/C14H14BrN3O2/c1-20-13-7-9(3-4-10(13)15)18-12-5-2-8(14(17)19)6-11(12)16/h2-7,18H,16H2,1H3,(H2,17,19). The topological polar surface area (TPSA) is 90.4 Å². The Morgan fingerprint density at radius 1 is 1.25 bits per heavy atom. The number of halogens is 1. The van der Waals surface area contributed by atoms with Crippen LogP contribution in [0.4, 0.5) is 17.1 Å². The fourth-order valence-corrected chi connectivity index (χ4v) is 2.13. The van der Waals surface area contributed by atoms with E-state index < -0.39 is 5.91 Å². The Balaban J connectivity index is 2.28. The molecule has 0 aromatic heterocycles. The Morgan fingerprint density at radius 2 is 2.00 bits per heavy atom. The van der Waals surface area contributed by atoms with Gasteiger partial charge in [0.15, 0.2) is 0 Å². The molecule has 0 saturated carbocycles. The van der Waals surface area contributed by atoms with Crippen LogP contribution in [0.1, 0.15) is 10.4 Å². The maximum atomic E-state index is 11.1. The first-order chi connectivity index (χ1) is 9.51. The lowest BCUT2D eigenvalue weighted by molar-refractivity contribution is 0.100. The molecule has 5 nitrogen and oxygen atoms in total. The molecule has 1 amide bonds. The van der Waals surface area contributed by atoms with E-state index >= 15 is 0 Å². The van der Waals surface area contributed by atoms with E-state index in [9.17, 15) is 4.79 Å². The molecule has 2 aromatic carbocycles. The van der Waals surface area contributed by atoms with Gasteiger partial charge in [-0.2, -0.15) is 0 Å². The van der Waals surface area contributed by atoms with Gasteiger partial charge in [-0.1, -0.05) is 0 Å². The summed E-state index contributed by atoms with van der Waals surface area (Å²) in [5, 5.41) is 3.16. The molecule has 0 aliphatic heterocycles. The van der Waals surface area contributed by atoms with E-state index in [1.165, 1.54) is 0 Å². The number of nitrogen functional groups attached to an aromatic ring is 1. The molecule has 0 fully saturated rings. The smallest absolute Gasteiger partial charge is 0.248 e. The highest BCUT2D eigenvalue weighted by Crippen LogP contribution is 2.31. The Morgan fingerprint density at radius 3 is 2.60 bits per heavy atom. The fourth-order valence-electron chi connectivity index (χ4n) is 1.72. The number of amides is 1.